The van der Waals surface area contributed by atoms with E-state index in [0.29, 0.717) is 0 Å². The number of aliphatic imine (C=N–C) groups is 1. The van der Waals surface area contributed by atoms with E-state index in [1.54, 1.807) is 0 Å². The minimum atomic E-state index is 0.134. The lowest BCUT2D eigenvalue weighted by atomic mass is 9.52. The van der Waals surface area contributed by atoms with Crippen molar-refractivity contribution in [1.82, 2.24) is 4.90 Å². The fourth-order valence-corrected chi connectivity index (χ4v) is 9.02. The van der Waals surface area contributed by atoms with Crippen LogP contribution in [-0.4, -0.2) is 22.3 Å². The standard InChI is InChI=1S/C22H31N3/c23-13-25(22-10-18-4-19(11-22)6-20(5-18)12-22)14-24-21-7-15-1-16(8-21)3-17(2-15)9-21/h14-20H,1-12H2. The van der Waals surface area contributed by atoms with E-state index in [-0.39, 0.29) is 11.1 Å². The monoisotopic (exact) mass is 337 g/mol. The number of nitrogens with zero attached hydrogens (tertiary/aromatic N) is 3. The molecule has 0 heterocycles. The van der Waals surface area contributed by atoms with Gasteiger partial charge in [0, 0.05) is 0 Å². The molecule has 8 bridgehead atoms. The third kappa shape index (κ3) is 2.25. The van der Waals surface area contributed by atoms with Crippen molar-refractivity contribution >= 4 is 6.34 Å². The van der Waals surface area contributed by atoms with E-state index in [9.17, 15) is 5.26 Å². The van der Waals surface area contributed by atoms with Gasteiger partial charge >= 0.3 is 0 Å². The lowest BCUT2D eigenvalue weighted by molar-refractivity contribution is -0.0454. The lowest BCUT2D eigenvalue weighted by Gasteiger charge is -2.58. The molecule has 0 aromatic heterocycles. The Labute approximate surface area is 151 Å². The van der Waals surface area contributed by atoms with E-state index in [2.05, 4.69) is 11.1 Å². The molecule has 0 saturated heterocycles. The minimum Gasteiger partial charge on any atom is -0.268 e. The third-order valence-corrected chi connectivity index (χ3v) is 9.08. The average Bonchev–Trinajstić information content (AvgIpc) is 2.52. The first-order chi connectivity index (χ1) is 12.1. The number of nitriles is 1. The Morgan fingerprint density at radius 1 is 0.720 bits per heavy atom. The van der Waals surface area contributed by atoms with Crippen LogP contribution in [-0.2, 0) is 0 Å². The van der Waals surface area contributed by atoms with E-state index in [1.807, 2.05) is 6.34 Å². The van der Waals surface area contributed by atoms with Gasteiger partial charge in [-0.15, -0.1) is 0 Å². The fraction of sp³-hybridized carbons (Fsp3) is 0.909. The van der Waals surface area contributed by atoms with Crippen LogP contribution in [0.15, 0.2) is 4.99 Å². The molecule has 0 spiro atoms. The summed E-state index contributed by atoms with van der Waals surface area (Å²) in [5, 5.41) is 9.98. The number of rotatable bonds is 3. The Morgan fingerprint density at radius 3 is 1.52 bits per heavy atom. The molecule has 8 saturated carbocycles. The third-order valence-electron chi connectivity index (χ3n) is 9.08. The van der Waals surface area contributed by atoms with Crippen LogP contribution in [0.3, 0.4) is 0 Å². The Bertz CT molecular complexity index is 572. The van der Waals surface area contributed by atoms with Gasteiger partial charge < -0.3 is 0 Å². The van der Waals surface area contributed by atoms with Gasteiger partial charge in [0.25, 0.3) is 0 Å². The molecule has 25 heavy (non-hydrogen) atoms. The fourth-order valence-electron chi connectivity index (χ4n) is 9.02. The van der Waals surface area contributed by atoms with Gasteiger partial charge in [-0.1, -0.05) is 0 Å². The highest BCUT2D eigenvalue weighted by Crippen LogP contribution is 2.59. The Morgan fingerprint density at radius 2 is 1.12 bits per heavy atom. The summed E-state index contributed by atoms with van der Waals surface area (Å²) in [6, 6.07) is 0. The predicted molar refractivity (Wildman–Crippen MR) is 97.8 cm³/mol. The second kappa shape index (κ2) is 5.02. The molecular weight excluding hydrogens is 306 g/mol. The smallest absolute Gasteiger partial charge is 0.185 e. The van der Waals surface area contributed by atoms with Crippen LogP contribution in [0.1, 0.15) is 77.0 Å². The average molecular weight is 338 g/mol. The normalized spacial score (nSPS) is 55.0. The molecule has 0 aromatic rings. The summed E-state index contributed by atoms with van der Waals surface area (Å²) in [6.07, 6.45) is 21.0. The topological polar surface area (TPSA) is 39.4 Å². The molecule has 0 radical (unpaired) electrons. The van der Waals surface area contributed by atoms with Crippen molar-refractivity contribution in [2.45, 2.75) is 88.1 Å². The molecule has 0 N–H and O–H groups in total. The summed E-state index contributed by atoms with van der Waals surface area (Å²) in [4.78, 5) is 7.27. The van der Waals surface area contributed by atoms with Crippen LogP contribution >= 0.6 is 0 Å². The summed E-state index contributed by atoms with van der Waals surface area (Å²) in [5.41, 5.74) is 0.335. The van der Waals surface area contributed by atoms with Gasteiger partial charge in [-0.25, -0.2) is 0 Å². The lowest BCUT2D eigenvalue weighted by Crippen LogP contribution is -2.58. The van der Waals surface area contributed by atoms with Crippen molar-refractivity contribution in [2.24, 2.45) is 40.5 Å². The van der Waals surface area contributed by atoms with Crippen molar-refractivity contribution in [3.63, 3.8) is 0 Å². The van der Waals surface area contributed by atoms with Gasteiger partial charge in [0.1, 0.15) is 0 Å². The number of hydrogen-bond acceptors (Lipinski definition) is 2. The SMILES string of the molecule is N#CN(C=NC12CC3CC(CC(C3)C1)C2)C12CC3CC(CC(C3)C1)C2. The highest BCUT2D eigenvalue weighted by Gasteiger charge is 2.54. The summed E-state index contributed by atoms with van der Waals surface area (Å²) in [5.74, 6) is 5.44. The Kier molecular flexibility index (Phi) is 3.02. The maximum atomic E-state index is 9.98. The van der Waals surface area contributed by atoms with Gasteiger partial charge in [0.15, 0.2) is 6.19 Å². The minimum absolute atomic E-state index is 0.134. The van der Waals surface area contributed by atoms with E-state index in [1.165, 1.54) is 77.0 Å². The molecule has 0 unspecified atom stereocenters. The molecule has 134 valence electrons. The highest BCUT2D eigenvalue weighted by molar-refractivity contribution is 5.60. The van der Waals surface area contributed by atoms with Crippen molar-refractivity contribution in [1.29, 1.82) is 5.26 Å². The van der Waals surface area contributed by atoms with E-state index in [4.69, 9.17) is 4.99 Å². The Balaban J connectivity index is 1.27. The Hall–Kier alpha value is -1.04. The first-order valence-corrected chi connectivity index (χ1v) is 10.9. The van der Waals surface area contributed by atoms with Gasteiger partial charge in [0.05, 0.1) is 17.4 Å². The van der Waals surface area contributed by atoms with Crippen molar-refractivity contribution in [3.8, 4) is 6.19 Å². The van der Waals surface area contributed by atoms with Crippen molar-refractivity contribution in [2.75, 3.05) is 0 Å². The second-order valence-electron chi connectivity index (χ2n) is 11.0. The maximum Gasteiger partial charge on any atom is 0.185 e. The molecule has 0 aromatic carbocycles. The zero-order chi connectivity index (χ0) is 16.6. The summed E-state index contributed by atoms with van der Waals surface area (Å²) in [7, 11) is 0. The van der Waals surface area contributed by atoms with Crippen LogP contribution in [0.2, 0.25) is 0 Å². The molecule has 0 aliphatic heterocycles. The van der Waals surface area contributed by atoms with Gasteiger partial charge in [-0.05, 0) is 113 Å². The van der Waals surface area contributed by atoms with Gasteiger partial charge in [0.2, 0.25) is 0 Å². The molecular formula is C22H31N3. The molecule has 8 fully saturated rings. The second-order valence-corrected chi connectivity index (χ2v) is 11.0. The molecule has 8 aliphatic rings. The summed E-state index contributed by atoms with van der Waals surface area (Å²) < 4.78 is 0. The molecule has 3 heteroatoms. The number of hydrogen-bond donors (Lipinski definition) is 0. The summed E-state index contributed by atoms with van der Waals surface area (Å²) >= 11 is 0. The van der Waals surface area contributed by atoms with Gasteiger partial charge in [-0.3, -0.25) is 9.89 Å². The van der Waals surface area contributed by atoms with Crippen LogP contribution < -0.4 is 0 Å². The highest BCUT2D eigenvalue weighted by atomic mass is 15.2. The van der Waals surface area contributed by atoms with Crippen LogP contribution in [0, 0.1) is 47.0 Å². The molecule has 0 atom stereocenters. The molecule has 3 nitrogen and oxygen atoms in total. The molecule has 8 rings (SSSR count). The first kappa shape index (κ1) is 15.1. The van der Waals surface area contributed by atoms with Gasteiger partial charge in [-0.2, -0.15) is 5.26 Å². The van der Waals surface area contributed by atoms with E-state index < -0.39 is 0 Å². The van der Waals surface area contributed by atoms with Crippen LogP contribution in [0.25, 0.3) is 0 Å². The summed E-state index contributed by atoms with van der Waals surface area (Å²) in [6.45, 7) is 0. The van der Waals surface area contributed by atoms with E-state index >= 15 is 0 Å². The quantitative estimate of drug-likeness (QED) is 0.323. The maximum absolute atomic E-state index is 9.98. The van der Waals surface area contributed by atoms with Crippen molar-refractivity contribution in [3.05, 3.63) is 0 Å². The van der Waals surface area contributed by atoms with E-state index in [0.717, 1.165) is 35.5 Å². The van der Waals surface area contributed by atoms with Crippen molar-refractivity contribution < 1.29 is 0 Å². The van der Waals surface area contributed by atoms with Crippen LogP contribution in [0.5, 0.6) is 0 Å². The zero-order valence-corrected chi connectivity index (χ0v) is 15.4. The largest absolute Gasteiger partial charge is 0.268 e. The first-order valence-electron chi connectivity index (χ1n) is 10.9. The molecule has 8 aliphatic carbocycles. The van der Waals surface area contributed by atoms with Crippen LogP contribution in [0.4, 0.5) is 0 Å². The zero-order valence-electron chi connectivity index (χ0n) is 15.4. The predicted octanol–water partition coefficient (Wildman–Crippen LogP) is 4.74. The molecule has 0 amide bonds.